The zero-order chi connectivity index (χ0) is 17.7. The van der Waals surface area contributed by atoms with Crippen molar-refractivity contribution in [2.75, 3.05) is 5.32 Å². The second-order valence-electron chi connectivity index (χ2n) is 5.01. The molecule has 1 atom stereocenters. The van der Waals surface area contributed by atoms with Crippen molar-refractivity contribution >= 4 is 52.4 Å². The number of carbonyl (C=O) groups excluding carboxylic acids is 2. The molecule has 1 N–H and O–H groups in total. The first-order chi connectivity index (χ1) is 11.4. The van der Waals surface area contributed by atoms with Gasteiger partial charge in [-0.25, -0.2) is 0 Å². The lowest BCUT2D eigenvalue weighted by Crippen LogP contribution is -2.30. The van der Waals surface area contributed by atoms with Gasteiger partial charge in [0, 0.05) is 26.3 Å². The summed E-state index contributed by atoms with van der Waals surface area (Å²) < 4.78 is 5.13. The molecule has 24 heavy (non-hydrogen) atoms. The molecule has 0 saturated heterocycles. The first-order valence-corrected chi connectivity index (χ1v) is 8.19. The van der Waals surface area contributed by atoms with Gasteiger partial charge in [0.05, 0.1) is 6.42 Å². The maximum Gasteiger partial charge on any atom is 0.311 e. The molecule has 0 fully saturated rings. The maximum atomic E-state index is 12.1. The monoisotopic (exact) mass is 385 g/mol. The third-order valence-corrected chi connectivity index (χ3v) is 4.10. The van der Waals surface area contributed by atoms with E-state index in [1.807, 2.05) is 0 Å². The van der Waals surface area contributed by atoms with E-state index in [4.69, 9.17) is 39.5 Å². The van der Waals surface area contributed by atoms with Gasteiger partial charge in [0.2, 0.25) is 0 Å². The minimum Gasteiger partial charge on any atom is -0.452 e. The van der Waals surface area contributed by atoms with Gasteiger partial charge >= 0.3 is 5.97 Å². The molecular weight excluding hydrogens is 373 g/mol. The molecule has 1 amide bonds. The second-order valence-corrected chi connectivity index (χ2v) is 6.26. The molecule has 0 saturated carbocycles. The Hall–Kier alpha value is -1.75. The van der Waals surface area contributed by atoms with Gasteiger partial charge in [-0.1, -0.05) is 46.9 Å². The van der Waals surface area contributed by atoms with E-state index in [1.165, 1.54) is 6.92 Å². The van der Waals surface area contributed by atoms with E-state index in [-0.39, 0.29) is 6.42 Å². The average Bonchev–Trinajstić information content (AvgIpc) is 2.51. The molecule has 4 nitrogen and oxygen atoms in total. The summed E-state index contributed by atoms with van der Waals surface area (Å²) in [6, 6.07) is 11.6. The molecule has 0 spiro atoms. The number of anilines is 1. The van der Waals surface area contributed by atoms with Crippen molar-refractivity contribution in [1.82, 2.24) is 0 Å². The maximum absolute atomic E-state index is 12.1. The zero-order valence-electron chi connectivity index (χ0n) is 12.7. The summed E-state index contributed by atoms with van der Waals surface area (Å²) in [7, 11) is 0. The Bertz CT molecular complexity index is 744. The molecule has 0 heterocycles. The van der Waals surface area contributed by atoms with E-state index in [1.54, 1.807) is 42.5 Å². The van der Waals surface area contributed by atoms with Crippen LogP contribution in [0.3, 0.4) is 0 Å². The number of hydrogen-bond donors (Lipinski definition) is 1. The van der Waals surface area contributed by atoms with Crippen LogP contribution in [-0.2, 0) is 20.7 Å². The van der Waals surface area contributed by atoms with E-state index in [2.05, 4.69) is 5.32 Å². The van der Waals surface area contributed by atoms with E-state index < -0.39 is 18.0 Å². The summed E-state index contributed by atoms with van der Waals surface area (Å²) in [5.41, 5.74) is 0.984. The molecule has 0 aromatic heterocycles. The fourth-order valence-corrected chi connectivity index (χ4v) is 2.67. The molecule has 0 aliphatic rings. The van der Waals surface area contributed by atoms with Gasteiger partial charge in [0.25, 0.3) is 5.91 Å². The van der Waals surface area contributed by atoms with Crippen LogP contribution < -0.4 is 5.32 Å². The number of rotatable bonds is 5. The highest BCUT2D eigenvalue weighted by Gasteiger charge is 2.19. The average molecular weight is 387 g/mol. The molecular formula is C17H14Cl3NO3. The van der Waals surface area contributed by atoms with Crippen LogP contribution in [0.4, 0.5) is 5.69 Å². The molecule has 2 aromatic rings. The fourth-order valence-electron chi connectivity index (χ4n) is 1.95. The number of nitrogens with one attached hydrogen (secondary N) is 1. The first kappa shape index (κ1) is 18.6. The van der Waals surface area contributed by atoms with Crippen molar-refractivity contribution < 1.29 is 14.3 Å². The third-order valence-electron chi connectivity index (χ3n) is 3.15. The van der Waals surface area contributed by atoms with Crippen LogP contribution in [0.25, 0.3) is 0 Å². The number of amides is 1. The number of benzene rings is 2. The molecule has 0 aliphatic heterocycles. The Morgan fingerprint density at radius 1 is 1.08 bits per heavy atom. The topological polar surface area (TPSA) is 55.4 Å². The molecule has 2 aromatic carbocycles. The van der Waals surface area contributed by atoms with E-state index >= 15 is 0 Å². The lowest BCUT2D eigenvalue weighted by molar-refractivity contribution is -0.152. The quantitative estimate of drug-likeness (QED) is 0.754. The molecule has 7 heteroatoms. The molecule has 0 bridgehead atoms. The van der Waals surface area contributed by atoms with Crippen LogP contribution in [0.5, 0.6) is 0 Å². The Balaban J connectivity index is 1.94. The van der Waals surface area contributed by atoms with Crippen molar-refractivity contribution in [3.63, 3.8) is 0 Å². The molecule has 1 unspecified atom stereocenters. The normalized spacial score (nSPS) is 11.7. The largest absolute Gasteiger partial charge is 0.452 e. The van der Waals surface area contributed by atoms with Crippen LogP contribution in [0, 0.1) is 0 Å². The molecule has 2 rings (SSSR count). The van der Waals surface area contributed by atoms with Crippen LogP contribution in [-0.4, -0.2) is 18.0 Å². The Morgan fingerprint density at radius 2 is 1.71 bits per heavy atom. The van der Waals surface area contributed by atoms with Crippen molar-refractivity contribution in [1.29, 1.82) is 0 Å². The fraction of sp³-hybridized carbons (Fsp3) is 0.176. The van der Waals surface area contributed by atoms with Crippen molar-refractivity contribution in [3.05, 3.63) is 63.1 Å². The van der Waals surface area contributed by atoms with Gasteiger partial charge in [0.1, 0.15) is 0 Å². The summed E-state index contributed by atoms with van der Waals surface area (Å²) in [5.74, 6) is -1.06. The van der Waals surface area contributed by atoms with Crippen LogP contribution in [0.1, 0.15) is 12.5 Å². The van der Waals surface area contributed by atoms with Gasteiger partial charge in [0.15, 0.2) is 6.10 Å². The van der Waals surface area contributed by atoms with E-state index in [0.29, 0.717) is 26.3 Å². The minimum atomic E-state index is -0.974. The Kier molecular flexibility index (Phi) is 6.49. The summed E-state index contributed by atoms with van der Waals surface area (Å²) in [5, 5.41) is 3.85. The third kappa shape index (κ3) is 5.13. The lowest BCUT2D eigenvalue weighted by atomic mass is 10.1. The highest BCUT2D eigenvalue weighted by atomic mass is 35.5. The first-order valence-electron chi connectivity index (χ1n) is 7.05. The highest BCUT2D eigenvalue weighted by molar-refractivity contribution is 6.36. The lowest BCUT2D eigenvalue weighted by Gasteiger charge is -2.14. The Labute approximate surface area is 154 Å². The van der Waals surface area contributed by atoms with Crippen molar-refractivity contribution in [3.8, 4) is 0 Å². The molecule has 0 radical (unpaired) electrons. The number of esters is 1. The van der Waals surface area contributed by atoms with Gasteiger partial charge < -0.3 is 10.1 Å². The predicted octanol–water partition coefficient (Wildman–Crippen LogP) is 4.76. The second kappa shape index (κ2) is 8.38. The van der Waals surface area contributed by atoms with Gasteiger partial charge in [-0.2, -0.15) is 0 Å². The predicted molar refractivity (Wildman–Crippen MR) is 95.8 cm³/mol. The van der Waals surface area contributed by atoms with Gasteiger partial charge in [-0.3, -0.25) is 9.59 Å². The summed E-state index contributed by atoms with van der Waals surface area (Å²) in [6.45, 7) is 1.48. The summed E-state index contributed by atoms with van der Waals surface area (Å²) in [6.07, 6.45) is -1.09. The van der Waals surface area contributed by atoms with E-state index in [9.17, 15) is 9.59 Å². The Morgan fingerprint density at radius 3 is 2.33 bits per heavy atom. The zero-order valence-corrected chi connectivity index (χ0v) is 15.0. The van der Waals surface area contributed by atoms with Gasteiger partial charge in [-0.05, 0) is 37.3 Å². The van der Waals surface area contributed by atoms with Crippen LogP contribution in [0.2, 0.25) is 15.1 Å². The smallest absolute Gasteiger partial charge is 0.311 e. The van der Waals surface area contributed by atoms with Crippen molar-refractivity contribution in [2.24, 2.45) is 0 Å². The summed E-state index contributed by atoms with van der Waals surface area (Å²) in [4.78, 5) is 24.1. The SMILES string of the molecule is CC(OC(=O)Cc1c(Cl)cccc1Cl)C(=O)Nc1cccc(Cl)c1. The van der Waals surface area contributed by atoms with Crippen LogP contribution in [0.15, 0.2) is 42.5 Å². The highest BCUT2D eigenvalue weighted by Crippen LogP contribution is 2.25. The number of halogens is 3. The number of hydrogen-bond acceptors (Lipinski definition) is 3. The number of ether oxygens (including phenoxy) is 1. The van der Waals surface area contributed by atoms with E-state index in [0.717, 1.165) is 0 Å². The van der Waals surface area contributed by atoms with Crippen LogP contribution >= 0.6 is 34.8 Å². The molecule has 0 aliphatic carbocycles. The summed E-state index contributed by atoms with van der Waals surface area (Å²) >= 11 is 17.9. The molecule has 126 valence electrons. The number of carbonyl (C=O) groups is 2. The standard InChI is InChI=1S/C17H14Cl3NO3/c1-10(17(23)21-12-5-2-4-11(18)8-12)24-16(22)9-13-14(19)6-3-7-15(13)20/h2-8,10H,9H2,1H3,(H,21,23). The minimum absolute atomic E-state index is 0.118. The van der Waals surface area contributed by atoms with Crippen molar-refractivity contribution in [2.45, 2.75) is 19.4 Å². The van der Waals surface area contributed by atoms with Gasteiger partial charge in [-0.15, -0.1) is 0 Å².